The highest BCUT2D eigenvalue weighted by Crippen LogP contribution is 2.56. The molecule has 2 aromatic rings. The zero-order valence-corrected chi connectivity index (χ0v) is 19.5. The molecule has 0 bridgehead atoms. The van der Waals surface area contributed by atoms with Gasteiger partial charge in [0.1, 0.15) is 19.3 Å². The van der Waals surface area contributed by atoms with Crippen LogP contribution in [-0.4, -0.2) is 55.1 Å². The second-order valence-corrected chi connectivity index (χ2v) is 9.53. The fourth-order valence-electron chi connectivity index (χ4n) is 3.82. The van der Waals surface area contributed by atoms with E-state index in [0.29, 0.717) is 6.20 Å². The fraction of sp³-hybridized carbons (Fsp3) is 0.500. The van der Waals surface area contributed by atoms with Crippen molar-refractivity contribution >= 4 is 11.6 Å². The molecule has 190 valence electrons. The standard InChI is InChI=1S/C22H24F3N3O7/c1-11-9-28(18(33)26-17(11)32)22(25)21(23,24)20(34,14(30)12-7-6-8-27(5)10-12)16(35-22)13(29)15(31)19(2,3)4/h6-10,13,16,29,34H,1-5H3/p+1/t13?,16-,20-,22+/m1/s1. The Kier molecular flexibility index (Phi) is 6.20. The van der Waals surface area contributed by atoms with Gasteiger partial charge in [-0.25, -0.2) is 13.9 Å². The number of pyridine rings is 1. The highest BCUT2D eigenvalue weighted by molar-refractivity contribution is 6.04. The third kappa shape index (κ3) is 3.83. The Bertz CT molecular complexity index is 1320. The number of carbonyl (C=O) groups is 2. The molecule has 1 saturated heterocycles. The average molecular weight is 500 g/mol. The van der Waals surface area contributed by atoms with Gasteiger partial charge in [-0.3, -0.25) is 19.4 Å². The molecule has 13 heteroatoms. The van der Waals surface area contributed by atoms with Gasteiger partial charge in [0.25, 0.3) is 5.56 Å². The van der Waals surface area contributed by atoms with Crippen LogP contribution in [0.5, 0.6) is 0 Å². The number of hydrogen-bond donors (Lipinski definition) is 3. The van der Waals surface area contributed by atoms with Crippen molar-refractivity contribution in [3.05, 3.63) is 62.7 Å². The summed E-state index contributed by atoms with van der Waals surface area (Å²) in [6.45, 7) is 5.05. The number of aromatic amines is 1. The predicted octanol–water partition coefficient (Wildman–Crippen LogP) is -0.126. The molecular weight excluding hydrogens is 475 g/mol. The van der Waals surface area contributed by atoms with Crippen LogP contribution in [0.4, 0.5) is 13.2 Å². The van der Waals surface area contributed by atoms with E-state index >= 15 is 13.2 Å². The average Bonchev–Trinajstić information content (AvgIpc) is 2.92. The number of aliphatic hydroxyl groups excluding tert-OH is 1. The Hall–Kier alpha value is -3.16. The Balaban J connectivity index is 2.32. The number of aryl methyl sites for hydroxylation is 2. The summed E-state index contributed by atoms with van der Waals surface area (Å²) in [6, 6.07) is 2.34. The first kappa shape index (κ1) is 26.4. The minimum absolute atomic E-state index is 0.332. The number of aliphatic hydroxyl groups is 2. The largest absolute Gasteiger partial charge is 0.382 e. The van der Waals surface area contributed by atoms with E-state index in [1.54, 1.807) is 4.98 Å². The van der Waals surface area contributed by atoms with E-state index in [4.69, 9.17) is 4.74 Å². The molecule has 1 aliphatic heterocycles. The summed E-state index contributed by atoms with van der Waals surface area (Å²) in [5, 5.41) is 21.9. The number of rotatable bonds is 5. The van der Waals surface area contributed by atoms with Crippen LogP contribution < -0.4 is 15.8 Å². The number of Topliss-reactive ketones (excluding diaryl/α,β-unsaturated/α-hetero) is 2. The van der Waals surface area contributed by atoms with Crippen LogP contribution in [-0.2, 0) is 22.6 Å². The van der Waals surface area contributed by atoms with Gasteiger partial charge in [-0.2, -0.15) is 13.2 Å². The molecule has 0 saturated carbocycles. The topological polar surface area (TPSA) is 143 Å². The first-order valence-electron chi connectivity index (χ1n) is 10.4. The smallest absolute Gasteiger partial charge is 0.366 e. The highest BCUT2D eigenvalue weighted by Gasteiger charge is 2.83. The lowest BCUT2D eigenvalue weighted by Crippen LogP contribution is -2.65. The molecule has 0 amide bonds. The van der Waals surface area contributed by atoms with Gasteiger partial charge in [-0.05, 0) is 13.0 Å². The molecule has 1 unspecified atom stereocenters. The van der Waals surface area contributed by atoms with E-state index < -0.39 is 63.5 Å². The summed E-state index contributed by atoms with van der Waals surface area (Å²) in [4.78, 5) is 51.6. The summed E-state index contributed by atoms with van der Waals surface area (Å²) in [7, 11) is 1.45. The van der Waals surface area contributed by atoms with Crippen LogP contribution in [0.15, 0.2) is 40.3 Å². The van der Waals surface area contributed by atoms with E-state index in [2.05, 4.69) is 0 Å². The maximum atomic E-state index is 16.1. The maximum absolute atomic E-state index is 16.1. The van der Waals surface area contributed by atoms with Crippen molar-refractivity contribution in [1.29, 1.82) is 0 Å². The molecule has 0 aliphatic carbocycles. The van der Waals surface area contributed by atoms with Gasteiger partial charge in [0, 0.05) is 23.2 Å². The first-order chi connectivity index (χ1) is 15.9. The Labute approximate surface area is 196 Å². The number of H-pyrrole nitrogens is 1. The van der Waals surface area contributed by atoms with Gasteiger partial charge in [0.15, 0.2) is 18.2 Å². The van der Waals surface area contributed by atoms with Crippen LogP contribution in [0.25, 0.3) is 0 Å². The summed E-state index contributed by atoms with van der Waals surface area (Å²) in [5.74, 6) is -12.7. The lowest BCUT2D eigenvalue weighted by molar-refractivity contribution is -0.671. The number of ether oxygens (including phenoxy) is 1. The number of ketones is 2. The lowest BCUT2D eigenvalue weighted by Gasteiger charge is -2.34. The molecule has 10 nitrogen and oxygen atoms in total. The minimum Gasteiger partial charge on any atom is -0.382 e. The number of nitrogens with zero attached hydrogens (tertiary/aromatic N) is 2. The van der Waals surface area contributed by atoms with E-state index in [-0.39, 0.29) is 10.1 Å². The van der Waals surface area contributed by atoms with Gasteiger partial charge >= 0.3 is 17.6 Å². The molecule has 2 aromatic heterocycles. The molecule has 0 aromatic carbocycles. The van der Waals surface area contributed by atoms with Crippen LogP contribution in [0.2, 0.25) is 0 Å². The minimum atomic E-state index is -5.25. The molecule has 3 N–H and O–H groups in total. The summed E-state index contributed by atoms with van der Waals surface area (Å²) >= 11 is 0. The molecule has 3 rings (SSSR count). The Morgan fingerprint density at radius 3 is 2.40 bits per heavy atom. The lowest BCUT2D eigenvalue weighted by atomic mass is 9.77. The second-order valence-electron chi connectivity index (χ2n) is 9.53. The molecule has 35 heavy (non-hydrogen) atoms. The van der Waals surface area contributed by atoms with Crippen LogP contribution in [0.1, 0.15) is 36.7 Å². The SMILES string of the molecule is Cc1cn([C@]2(F)O[C@H](C(O)C(=O)C(C)(C)C)[C@](O)(C(=O)c3ccc[n+](C)c3)C2(F)F)c(=O)[nH]c1=O. The highest BCUT2D eigenvalue weighted by atomic mass is 19.3. The van der Waals surface area contributed by atoms with E-state index in [1.807, 2.05) is 0 Å². The fourth-order valence-corrected chi connectivity index (χ4v) is 3.82. The quantitative estimate of drug-likeness (QED) is 0.384. The van der Waals surface area contributed by atoms with Gasteiger partial charge in [-0.15, -0.1) is 0 Å². The van der Waals surface area contributed by atoms with Crippen molar-refractivity contribution in [2.45, 2.75) is 57.4 Å². The van der Waals surface area contributed by atoms with Gasteiger partial charge in [-0.1, -0.05) is 20.8 Å². The molecule has 1 fully saturated rings. The Morgan fingerprint density at radius 2 is 1.86 bits per heavy atom. The number of nitrogens with one attached hydrogen (secondary N) is 1. The van der Waals surface area contributed by atoms with Gasteiger partial charge < -0.3 is 14.9 Å². The van der Waals surface area contributed by atoms with Gasteiger partial charge in [0.2, 0.25) is 11.4 Å². The molecule has 0 spiro atoms. The van der Waals surface area contributed by atoms with Crippen molar-refractivity contribution in [2.24, 2.45) is 12.5 Å². The van der Waals surface area contributed by atoms with Crippen molar-refractivity contribution in [1.82, 2.24) is 9.55 Å². The molecule has 4 atom stereocenters. The zero-order valence-electron chi connectivity index (χ0n) is 19.5. The van der Waals surface area contributed by atoms with Crippen molar-refractivity contribution in [2.75, 3.05) is 0 Å². The third-order valence-corrected chi connectivity index (χ3v) is 5.83. The van der Waals surface area contributed by atoms with Crippen molar-refractivity contribution in [3.63, 3.8) is 0 Å². The first-order valence-corrected chi connectivity index (χ1v) is 10.4. The molecule has 3 heterocycles. The van der Waals surface area contributed by atoms with E-state index in [1.165, 1.54) is 44.6 Å². The number of aromatic nitrogens is 3. The molecule has 0 radical (unpaired) electrons. The number of halogens is 3. The summed E-state index contributed by atoms with van der Waals surface area (Å²) < 4.78 is 53.7. The van der Waals surface area contributed by atoms with Gasteiger partial charge in [0.05, 0.1) is 5.56 Å². The van der Waals surface area contributed by atoms with Crippen LogP contribution >= 0.6 is 0 Å². The Morgan fingerprint density at radius 1 is 1.26 bits per heavy atom. The predicted molar refractivity (Wildman–Crippen MR) is 112 cm³/mol. The summed E-state index contributed by atoms with van der Waals surface area (Å²) in [5.41, 5.74) is -9.11. The third-order valence-electron chi connectivity index (χ3n) is 5.83. The maximum Gasteiger partial charge on any atom is 0.366 e. The van der Waals surface area contributed by atoms with Crippen molar-refractivity contribution < 1.29 is 42.3 Å². The number of carbonyl (C=O) groups excluding carboxylic acids is 2. The van der Waals surface area contributed by atoms with E-state index in [0.717, 1.165) is 19.2 Å². The number of hydrogen-bond acceptors (Lipinski definition) is 7. The number of alkyl halides is 3. The zero-order chi connectivity index (χ0) is 26.7. The molecular formula is C22H25F3N3O7+. The van der Waals surface area contributed by atoms with Crippen LogP contribution in [0.3, 0.4) is 0 Å². The monoisotopic (exact) mass is 500 g/mol. The normalized spacial score (nSPS) is 27.0. The van der Waals surface area contributed by atoms with Crippen LogP contribution in [0, 0.1) is 12.3 Å². The summed E-state index contributed by atoms with van der Waals surface area (Å²) in [6.07, 6.45) is -2.53. The second kappa shape index (κ2) is 8.21. The molecule has 1 aliphatic rings. The van der Waals surface area contributed by atoms with Crippen molar-refractivity contribution in [3.8, 4) is 0 Å². The van der Waals surface area contributed by atoms with E-state index in [9.17, 15) is 29.4 Å².